The molecule has 0 unspecified atom stereocenters. The van der Waals surface area contributed by atoms with E-state index in [-0.39, 0.29) is 5.41 Å². The molecule has 0 aromatic rings. The summed E-state index contributed by atoms with van der Waals surface area (Å²) in [5.74, 6) is 0.441. The van der Waals surface area contributed by atoms with Crippen molar-refractivity contribution in [1.82, 2.24) is 0 Å². The van der Waals surface area contributed by atoms with E-state index in [4.69, 9.17) is 11.6 Å². The van der Waals surface area contributed by atoms with Crippen LogP contribution in [-0.4, -0.2) is 19.1 Å². The van der Waals surface area contributed by atoms with Crippen LogP contribution >= 0.6 is 20.3 Å². The molecule has 0 radical (unpaired) electrons. The van der Waals surface area contributed by atoms with Gasteiger partial charge in [-0.1, -0.05) is 6.92 Å². The van der Waals surface area contributed by atoms with Crippen LogP contribution in [0.1, 0.15) is 6.92 Å². The zero-order chi connectivity index (χ0) is 7.61. The lowest BCUT2D eigenvalue weighted by Crippen LogP contribution is -2.32. The van der Waals surface area contributed by atoms with Crippen molar-refractivity contribution in [3.8, 4) is 0 Å². The third-order valence-corrected chi connectivity index (χ3v) is 2.66. The Balaban J connectivity index is 2.38. The topological polar surface area (TPSA) is 18.5 Å². The van der Waals surface area contributed by atoms with Gasteiger partial charge in [0.1, 0.15) is 0 Å². The Hall–Kier alpha value is 0.570. The quantitative estimate of drug-likeness (QED) is 0.463. The van der Waals surface area contributed by atoms with Crippen LogP contribution in [0.15, 0.2) is 0 Å². The van der Waals surface area contributed by atoms with E-state index in [0.29, 0.717) is 19.1 Å². The summed E-state index contributed by atoms with van der Waals surface area (Å²) in [7, 11) is -2.11. The second-order valence-corrected chi connectivity index (χ2v) is 3.91. The van der Waals surface area contributed by atoms with Crippen molar-refractivity contribution in [1.29, 1.82) is 0 Å². The molecule has 0 atom stereocenters. The van der Waals surface area contributed by atoms with Crippen molar-refractivity contribution < 1.29 is 13.2 Å². The maximum Gasteiger partial charge on any atom is 0.374 e. The molecule has 5 heteroatoms. The fraction of sp³-hybridized carbons (Fsp3) is 1.00. The summed E-state index contributed by atoms with van der Waals surface area (Å²) in [5.41, 5.74) is -0.202. The molecule has 0 aliphatic carbocycles. The molecule has 1 saturated heterocycles. The van der Waals surface area contributed by atoms with Crippen molar-refractivity contribution in [2.45, 2.75) is 6.92 Å². The van der Waals surface area contributed by atoms with Gasteiger partial charge < -0.3 is 9.05 Å². The molecule has 10 heavy (non-hydrogen) atoms. The monoisotopic (exact) mass is 186 g/mol. The van der Waals surface area contributed by atoms with Gasteiger partial charge in [-0.05, 0) is 0 Å². The maximum absolute atomic E-state index is 12.2. The van der Waals surface area contributed by atoms with E-state index in [1.165, 1.54) is 0 Å². The number of rotatable bonds is 1. The zero-order valence-electron chi connectivity index (χ0n) is 5.64. The van der Waals surface area contributed by atoms with Gasteiger partial charge in [0.2, 0.25) is 0 Å². The Morgan fingerprint density at radius 1 is 1.60 bits per heavy atom. The molecule has 0 aromatic heterocycles. The lowest BCUT2D eigenvalue weighted by atomic mass is 9.96. The van der Waals surface area contributed by atoms with E-state index in [1.54, 1.807) is 0 Å². The number of hydrogen-bond donors (Lipinski definition) is 0. The molecule has 0 saturated carbocycles. The molecule has 0 bridgehead atoms. The first-order valence-corrected chi connectivity index (χ1v) is 4.54. The van der Waals surface area contributed by atoms with Crippen LogP contribution in [0.5, 0.6) is 0 Å². The smallest absolute Gasteiger partial charge is 0.308 e. The molecule has 0 aromatic carbocycles. The molecule has 1 aliphatic rings. The number of alkyl halides is 1. The van der Waals surface area contributed by atoms with Crippen LogP contribution in [0, 0.1) is 5.41 Å². The molecule has 60 valence electrons. The average molecular weight is 187 g/mol. The number of hydrogen-bond acceptors (Lipinski definition) is 2. The summed E-state index contributed by atoms with van der Waals surface area (Å²) in [6.07, 6.45) is 0. The molecular formula is C5H9ClFO2P. The molecule has 1 rings (SSSR count). The standard InChI is InChI=1S/C5H9ClFO2P/c1-5(2-6)3-8-10(7)9-4-5/h2-4H2,1H3. The number of halogens is 2. The molecule has 0 amide bonds. The Kier molecular flexibility index (Phi) is 2.87. The Morgan fingerprint density at radius 2 is 2.10 bits per heavy atom. The highest BCUT2D eigenvalue weighted by atomic mass is 35.5. The molecular weight excluding hydrogens is 177 g/mol. The van der Waals surface area contributed by atoms with Gasteiger partial charge in [-0.15, -0.1) is 11.6 Å². The van der Waals surface area contributed by atoms with E-state index in [9.17, 15) is 4.20 Å². The van der Waals surface area contributed by atoms with Gasteiger partial charge in [-0.3, -0.25) is 0 Å². The Labute approximate surface area is 65.7 Å². The summed E-state index contributed by atoms with van der Waals surface area (Å²) in [6, 6.07) is 0. The molecule has 1 aliphatic heterocycles. The van der Waals surface area contributed by atoms with E-state index >= 15 is 0 Å². The lowest BCUT2D eigenvalue weighted by Gasteiger charge is -2.31. The molecule has 0 spiro atoms. The first-order valence-electron chi connectivity index (χ1n) is 2.94. The molecule has 1 fully saturated rings. The maximum atomic E-state index is 12.2. The minimum atomic E-state index is -2.11. The highest BCUT2D eigenvalue weighted by Gasteiger charge is 2.32. The van der Waals surface area contributed by atoms with Gasteiger partial charge in [0.25, 0.3) is 0 Å². The van der Waals surface area contributed by atoms with Crippen molar-refractivity contribution in [2.75, 3.05) is 19.1 Å². The molecule has 2 nitrogen and oxygen atoms in total. The summed E-state index contributed by atoms with van der Waals surface area (Å²) in [6.45, 7) is 2.62. The van der Waals surface area contributed by atoms with Crippen LogP contribution in [0.2, 0.25) is 0 Å². The second-order valence-electron chi connectivity index (χ2n) is 2.70. The Morgan fingerprint density at radius 3 is 2.50 bits per heavy atom. The average Bonchev–Trinajstić information content (AvgIpc) is 1.96. The zero-order valence-corrected chi connectivity index (χ0v) is 7.29. The van der Waals surface area contributed by atoms with Crippen molar-refractivity contribution in [3.63, 3.8) is 0 Å². The predicted octanol–water partition coefficient (Wildman–Crippen LogP) is 2.47. The lowest BCUT2D eigenvalue weighted by molar-refractivity contribution is 0.0519. The summed E-state index contributed by atoms with van der Waals surface area (Å²) >= 11 is 5.59. The van der Waals surface area contributed by atoms with Gasteiger partial charge in [0.05, 0.1) is 13.2 Å². The van der Waals surface area contributed by atoms with Crippen LogP contribution in [0.3, 0.4) is 0 Å². The minimum absolute atomic E-state index is 0.202. The third kappa shape index (κ3) is 2.03. The van der Waals surface area contributed by atoms with Gasteiger partial charge in [-0.25, -0.2) is 0 Å². The highest BCUT2D eigenvalue weighted by Crippen LogP contribution is 2.47. The fourth-order valence-electron chi connectivity index (χ4n) is 0.569. The van der Waals surface area contributed by atoms with Crippen LogP contribution in [0.4, 0.5) is 4.20 Å². The Bertz CT molecular complexity index is 116. The van der Waals surface area contributed by atoms with E-state index in [0.717, 1.165) is 0 Å². The first kappa shape index (κ1) is 8.66. The van der Waals surface area contributed by atoms with Crippen molar-refractivity contribution in [2.24, 2.45) is 5.41 Å². The highest BCUT2D eigenvalue weighted by molar-refractivity contribution is 7.41. The van der Waals surface area contributed by atoms with Gasteiger partial charge in [-0.2, -0.15) is 4.20 Å². The van der Waals surface area contributed by atoms with E-state index < -0.39 is 8.69 Å². The SMILES string of the molecule is CC1(CCl)COP(F)OC1. The predicted molar refractivity (Wildman–Crippen MR) is 38.8 cm³/mol. The van der Waals surface area contributed by atoms with E-state index in [1.807, 2.05) is 6.92 Å². The van der Waals surface area contributed by atoms with E-state index in [2.05, 4.69) is 9.05 Å². The summed E-state index contributed by atoms with van der Waals surface area (Å²) < 4.78 is 21.6. The van der Waals surface area contributed by atoms with Crippen LogP contribution in [-0.2, 0) is 9.05 Å². The second kappa shape index (κ2) is 3.31. The normalized spacial score (nSPS) is 41.7. The minimum Gasteiger partial charge on any atom is -0.308 e. The van der Waals surface area contributed by atoms with Crippen LogP contribution < -0.4 is 0 Å². The third-order valence-electron chi connectivity index (χ3n) is 1.35. The summed E-state index contributed by atoms with van der Waals surface area (Å²) in [4.78, 5) is 0. The largest absolute Gasteiger partial charge is 0.374 e. The van der Waals surface area contributed by atoms with Crippen LogP contribution in [0.25, 0.3) is 0 Å². The van der Waals surface area contributed by atoms with Gasteiger partial charge in [0, 0.05) is 11.3 Å². The first-order chi connectivity index (χ1) is 4.66. The fourth-order valence-corrected chi connectivity index (χ4v) is 1.62. The van der Waals surface area contributed by atoms with Gasteiger partial charge >= 0.3 is 8.69 Å². The summed E-state index contributed by atoms with van der Waals surface area (Å²) in [5, 5.41) is 0. The van der Waals surface area contributed by atoms with Crippen molar-refractivity contribution >= 4 is 20.3 Å². The molecule has 1 heterocycles. The van der Waals surface area contributed by atoms with Gasteiger partial charge in [0.15, 0.2) is 0 Å². The van der Waals surface area contributed by atoms with Crippen molar-refractivity contribution in [3.05, 3.63) is 0 Å². The molecule has 0 N–H and O–H groups in total.